The van der Waals surface area contributed by atoms with Crippen molar-refractivity contribution in [2.24, 2.45) is 5.92 Å². The molecule has 1 saturated carbocycles. The predicted octanol–water partition coefficient (Wildman–Crippen LogP) is 3.67. The van der Waals surface area contributed by atoms with Gasteiger partial charge in [-0.3, -0.25) is 0 Å². The molecule has 8 nitrogen and oxygen atoms in total. The molecule has 31 heavy (non-hydrogen) atoms. The molecular formula is C22H23N3O5S. The number of hydrogen-bond acceptors (Lipinski definition) is 7. The van der Waals surface area contributed by atoms with Crippen molar-refractivity contribution >= 4 is 10.0 Å². The van der Waals surface area contributed by atoms with E-state index in [0.29, 0.717) is 28.8 Å². The highest BCUT2D eigenvalue weighted by atomic mass is 32.2. The Hall–Kier alpha value is -2.91. The minimum absolute atomic E-state index is 0.0448. The van der Waals surface area contributed by atoms with Crippen molar-refractivity contribution in [2.45, 2.75) is 36.2 Å². The predicted molar refractivity (Wildman–Crippen MR) is 112 cm³/mol. The zero-order valence-corrected chi connectivity index (χ0v) is 18.1. The Bertz CT molecular complexity index is 1190. The molecule has 9 heteroatoms. The van der Waals surface area contributed by atoms with E-state index in [9.17, 15) is 8.42 Å². The van der Waals surface area contributed by atoms with Crippen LogP contribution in [0.15, 0.2) is 57.9 Å². The second kappa shape index (κ2) is 7.65. The molecule has 1 aliphatic heterocycles. The van der Waals surface area contributed by atoms with Gasteiger partial charge < -0.3 is 14.0 Å². The summed E-state index contributed by atoms with van der Waals surface area (Å²) < 4.78 is 44.7. The summed E-state index contributed by atoms with van der Waals surface area (Å²) >= 11 is 0. The van der Waals surface area contributed by atoms with E-state index in [1.165, 1.54) is 0 Å². The first-order valence-electron chi connectivity index (χ1n) is 10.2. The largest absolute Gasteiger partial charge is 0.493 e. The van der Waals surface area contributed by atoms with Gasteiger partial charge in [0.15, 0.2) is 11.5 Å². The summed E-state index contributed by atoms with van der Waals surface area (Å²) in [5.41, 5.74) is 0.702. The lowest BCUT2D eigenvalue weighted by molar-refractivity contribution is 0.197. The maximum absolute atomic E-state index is 13.4. The first-order chi connectivity index (χ1) is 15.0. The van der Waals surface area contributed by atoms with Gasteiger partial charge in [-0.15, -0.1) is 0 Å². The Labute approximate surface area is 180 Å². The van der Waals surface area contributed by atoms with E-state index in [-0.39, 0.29) is 16.9 Å². The van der Waals surface area contributed by atoms with Gasteiger partial charge in [-0.2, -0.15) is 9.29 Å². The lowest BCUT2D eigenvalue weighted by atomic mass is 10.00. The van der Waals surface area contributed by atoms with Crippen LogP contribution < -0.4 is 9.47 Å². The fourth-order valence-corrected chi connectivity index (χ4v) is 6.65. The second-order valence-corrected chi connectivity index (χ2v) is 9.69. The van der Waals surface area contributed by atoms with E-state index in [1.807, 2.05) is 6.07 Å². The van der Waals surface area contributed by atoms with Crippen LogP contribution >= 0.6 is 0 Å². The topological polar surface area (TPSA) is 94.8 Å². The first-order valence-corrected chi connectivity index (χ1v) is 11.6. The van der Waals surface area contributed by atoms with Gasteiger partial charge in [-0.05, 0) is 55.5 Å². The van der Waals surface area contributed by atoms with Crippen LogP contribution in [0.25, 0.3) is 11.4 Å². The van der Waals surface area contributed by atoms with Gasteiger partial charge in [-0.1, -0.05) is 23.4 Å². The van der Waals surface area contributed by atoms with Crippen LogP contribution in [0.1, 0.15) is 31.2 Å². The van der Waals surface area contributed by atoms with Crippen LogP contribution in [0.5, 0.6) is 11.5 Å². The molecule has 2 bridgehead atoms. The summed E-state index contributed by atoms with van der Waals surface area (Å²) in [4.78, 5) is 4.87. The maximum Gasteiger partial charge on any atom is 0.245 e. The summed E-state index contributed by atoms with van der Waals surface area (Å²) in [6.45, 7) is 0. The highest BCUT2D eigenvalue weighted by Gasteiger charge is 2.54. The van der Waals surface area contributed by atoms with E-state index in [0.717, 1.165) is 19.3 Å². The molecule has 0 N–H and O–H groups in total. The molecule has 1 aliphatic carbocycles. The van der Waals surface area contributed by atoms with Crippen LogP contribution in [0, 0.1) is 5.92 Å². The standard InChI is InChI=1S/C22H23N3O5S/c1-28-18-11-9-15(13-19(18)29-2)21-23-22(30-24-21)20-14-8-10-16(12-14)25(20)31(26,27)17-6-4-3-5-7-17/h3-7,9,11,13-14,16,20H,8,10,12H2,1-2H3/t14-,16-,20+/m1/s1. The van der Waals surface area contributed by atoms with E-state index in [1.54, 1.807) is 61.0 Å². The van der Waals surface area contributed by atoms with Crippen LogP contribution in [0.2, 0.25) is 0 Å². The Balaban J connectivity index is 1.51. The number of fused-ring (bicyclic) bond motifs is 2. The Morgan fingerprint density at radius 1 is 1.03 bits per heavy atom. The van der Waals surface area contributed by atoms with E-state index < -0.39 is 16.1 Å². The molecule has 0 radical (unpaired) electrons. The number of aromatic nitrogens is 2. The first kappa shape index (κ1) is 20.0. The van der Waals surface area contributed by atoms with Crippen molar-refractivity contribution in [3.63, 3.8) is 0 Å². The third-order valence-electron chi connectivity index (χ3n) is 6.18. The molecule has 3 atom stereocenters. The fourth-order valence-electron chi connectivity index (χ4n) is 4.76. The van der Waals surface area contributed by atoms with Gasteiger partial charge in [0.05, 0.1) is 19.1 Å². The second-order valence-electron chi connectivity index (χ2n) is 7.85. The molecule has 0 amide bonds. The molecular weight excluding hydrogens is 418 g/mol. The van der Waals surface area contributed by atoms with E-state index >= 15 is 0 Å². The Morgan fingerprint density at radius 3 is 2.55 bits per heavy atom. The molecule has 1 saturated heterocycles. The molecule has 162 valence electrons. The number of sulfonamides is 1. The van der Waals surface area contributed by atoms with Gasteiger partial charge in [0.25, 0.3) is 0 Å². The van der Waals surface area contributed by atoms with Gasteiger partial charge in [0.2, 0.25) is 21.7 Å². The molecule has 3 aromatic rings. The normalized spacial score (nSPS) is 23.2. The maximum atomic E-state index is 13.4. The van der Waals surface area contributed by atoms with Crippen molar-refractivity contribution in [2.75, 3.05) is 14.2 Å². The number of rotatable bonds is 6. The number of methoxy groups -OCH3 is 2. The van der Waals surface area contributed by atoms with Gasteiger partial charge in [0.1, 0.15) is 6.04 Å². The molecule has 0 unspecified atom stereocenters. The van der Waals surface area contributed by atoms with Crippen molar-refractivity contribution in [1.82, 2.24) is 14.4 Å². The van der Waals surface area contributed by atoms with Crippen LogP contribution in [0.3, 0.4) is 0 Å². The highest BCUT2D eigenvalue weighted by molar-refractivity contribution is 7.89. The number of piperidine rings is 1. The van der Waals surface area contributed by atoms with Gasteiger partial charge >= 0.3 is 0 Å². The summed E-state index contributed by atoms with van der Waals surface area (Å²) in [6.07, 6.45) is 2.61. The lowest BCUT2D eigenvalue weighted by Crippen LogP contribution is -2.40. The summed E-state index contributed by atoms with van der Waals surface area (Å²) in [5, 5.41) is 4.13. The summed E-state index contributed by atoms with van der Waals surface area (Å²) in [5.74, 6) is 2.04. The zero-order chi connectivity index (χ0) is 21.6. The third kappa shape index (κ3) is 3.28. The number of benzene rings is 2. The zero-order valence-electron chi connectivity index (χ0n) is 17.3. The van der Waals surface area contributed by atoms with E-state index in [4.69, 9.17) is 14.0 Å². The van der Waals surface area contributed by atoms with Gasteiger partial charge in [-0.25, -0.2) is 8.42 Å². The SMILES string of the molecule is COc1ccc(-c2noc([C@@H]3[C@@H]4CC[C@H](C4)N3S(=O)(=O)c3ccccc3)n2)cc1OC. The Morgan fingerprint density at radius 2 is 1.81 bits per heavy atom. The minimum Gasteiger partial charge on any atom is -0.493 e. The lowest BCUT2D eigenvalue weighted by Gasteiger charge is -2.32. The summed E-state index contributed by atoms with van der Waals surface area (Å²) in [7, 11) is -0.542. The molecule has 2 aliphatic rings. The van der Waals surface area contributed by atoms with Crippen molar-refractivity contribution < 1.29 is 22.4 Å². The molecule has 2 heterocycles. The van der Waals surface area contributed by atoms with Crippen LogP contribution in [-0.2, 0) is 10.0 Å². The number of ether oxygens (including phenoxy) is 2. The van der Waals surface area contributed by atoms with Crippen LogP contribution in [-0.4, -0.2) is 43.1 Å². The van der Waals surface area contributed by atoms with Crippen molar-refractivity contribution in [3.05, 3.63) is 54.4 Å². The van der Waals surface area contributed by atoms with E-state index in [2.05, 4.69) is 10.1 Å². The molecule has 2 aromatic carbocycles. The minimum atomic E-state index is -3.67. The smallest absolute Gasteiger partial charge is 0.245 e. The monoisotopic (exact) mass is 441 g/mol. The molecule has 0 spiro atoms. The fraction of sp³-hybridized carbons (Fsp3) is 0.364. The quantitative estimate of drug-likeness (QED) is 0.576. The molecule has 2 fully saturated rings. The highest BCUT2D eigenvalue weighted by Crippen LogP contribution is 2.52. The van der Waals surface area contributed by atoms with Crippen molar-refractivity contribution in [1.29, 1.82) is 0 Å². The molecule has 5 rings (SSSR count). The average Bonchev–Trinajstić information content (AvgIpc) is 3.55. The van der Waals surface area contributed by atoms with Crippen LogP contribution in [0.4, 0.5) is 0 Å². The number of hydrogen-bond donors (Lipinski definition) is 0. The summed E-state index contributed by atoms with van der Waals surface area (Å²) in [6, 6.07) is 13.4. The van der Waals surface area contributed by atoms with Crippen molar-refractivity contribution in [3.8, 4) is 22.9 Å². The number of nitrogens with zero attached hydrogens (tertiary/aromatic N) is 3. The Kier molecular flexibility index (Phi) is 4.94. The van der Waals surface area contributed by atoms with Gasteiger partial charge in [0, 0.05) is 11.6 Å². The molecule has 1 aromatic heterocycles. The average molecular weight is 442 g/mol. The third-order valence-corrected chi connectivity index (χ3v) is 8.13.